The smallest absolute Gasteiger partial charge is 0.216 e. The quantitative estimate of drug-likeness (QED) is 0.556. The minimum Gasteiger partial charge on any atom is -0.359 e. The van der Waals surface area contributed by atoms with Gasteiger partial charge in [-0.3, -0.25) is 15.5 Å². The van der Waals surface area contributed by atoms with Crippen molar-refractivity contribution in [2.75, 3.05) is 13.1 Å². The summed E-state index contributed by atoms with van der Waals surface area (Å²) in [5.74, 6) is 0.437. The van der Waals surface area contributed by atoms with Crippen LogP contribution in [0.5, 0.6) is 0 Å². The molecule has 0 radical (unpaired) electrons. The Hall–Kier alpha value is -1.03. The van der Waals surface area contributed by atoms with Crippen molar-refractivity contribution in [2.45, 2.75) is 115 Å². The molecule has 7 nitrogen and oxygen atoms in total. The molecule has 6 rings (SSSR count). The van der Waals surface area contributed by atoms with Crippen molar-refractivity contribution < 1.29 is 13.2 Å². The van der Waals surface area contributed by atoms with E-state index < -0.39 is 16.3 Å². The van der Waals surface area contributed by atoms with Gasteiger partial charge in [0.1, 0.15) is 12.5 Å². The van der Waals surface area contributed by atoms with E-state index in [1.165, 1.54) is 42.4 Å². The lowest BCUT2D eigenvalue weighted by atomic mass is 9.75. The number of fused-ring (bicyclic) bond motifs is 4. The fraction of sp³-hybridized carbons (Fsp3) is 0.786. The highest BCUT2D eigenvalue weighted by Gasteiger charge is 2.54. The number of aryl methyl sites for hydroxylation is 2. The van der Waals surface area contributed by atoms with Gasteiger partial charge in [0.2, 0.25) is 10.0 Å². The van der Waals surface area contributed by atoms with Crippen LogP contribution in [-0.4, -0.2) is 56.3 Å². The lowest BCUT2D eigenvalue weighted by Crippen LogP contribution is -2.64. The van der Waals surface area contributed by atoms with Crippen molar-refractivity contribution in [1.29, 1.82) is 0 Å². The van der Waals surface area contributed by atoms with Gasteiger partial charge >= 0.3 is 0 Å². The van der Waals surface area contributed by atoms with E-state index in [1.807, 2.05) is 0 Å². The molecule has 3 N–H and O–H groups in total. The predicted molar refractivity (Wildman–Crippen MR) is 142 cm³/mol. The van der Waals surface area contributed by atoms with Crippen LogP contribution in [0.4, 0.5) is 0 Å². The normalized spacial score (nSPS) is 38.9. The minimum atomic E-state index is -3.47. The highest BCUT2D eigenvalue weighted by Crippen LogP contribution is 2.62. The molecule has 1 aromatic carbocycles. The first kappa shape index (κ1) is 25.3. The van der Waals surface area contributed by atoms with Gasteiger partial charge in [0.25, 0.3) is 0 Å². The Labute approximate surface area is 217 Å². The number of hydrogen-bond acceptors (Lipinski definition) is 6. The van der Waals surface area contributed by atoms with Crippen LogP contribution >= 0.6 is 0 Å². The summed E-state index contributed by atoms with van der Waals surface area (Å²) in [7, 11) is -3.47. The maximum absolute atomic E-state index is 13.6. The second kappa shape index (κ2) is 9.62. The number of ether oxygens (including phenoxy) is 1. The summed E-state index contributed by atoms with van der Waals surface area (Å²) < 4.78 is 36.8. The molecule has 3 aliphatic carbocycles. The number of nitrogens with zero attached hydrogens (tertiary/aromatic N) is 1. The highest BCUT2D eigenvalue weighted by molar-refractivity contribution is 7.90. The lowest BCUT2D eigenvalue weighted by Gasteiger charge is -2.46. The maximum atomic E-state index is 13.6. The van der Waals surface area contributed by atoms with Gasteiger partial charge in [0.05, 0.1) is 11.4 Å². The molecule has 5 aliphatic rings. The van der Waals surface area contributed by atoms with Crippen LogP contribution < -0.4 is 15.4 Å². The van der Waals surface area contributed by atoms with Crippen molar-refractivity contribution >= 4 is 10.0 Å². The van der Waals surface area contributed by atoms with E-state index in [-0.39, 0.29) is 23.6 Å². The van der Waals surface area contributed by atoms with Crippen molar-refractivity contribution in [3.8, 4) is 0 Å². The Bertz CT molecular complexity index is 1050. The molecule has 5 fully saturated rings. The van der Waals surface area contributed by atoms with Gasteiger partial charge in [0, 0.05) is 31.6 Å². The number of nitrogens with one attached hydrogen (secondary N) is 3. The molecule has 5 unspecified atom stereocenters. The number of rotatable bonds is 2. The second-order valence-corrected chi connectivity index (χ2v) is 14.6. The topological polar surface area (TPSA) is 82.7 Å². The van der Waals surface area contributed by atoms with E-state index in [1.54, 1.807) is 0 Å². The summed E-state index contributed by atoms with van der Waals surface area (Å²) in [6, 6.07) is 7.00. The van der Waals surface area contributed by atoms with E-state index >= 15 is 0 Å². The molecule has 200 valence electrons. The summed E-state index contributed by atoms with van der Waals surface area (Å²) in [5, 5.41) is 6.68. The fourth-order valence-electron chi connectivity index (χ4n) is 7.62. The van der Waals surface area contributed by atoms with Gasteiger partial charge in [-0.25, -0.2) is 8.42 Å². The highest BCUT2D eigenvalue weighted by atomic mass is 32.2. The molecule has 1 aromatic rings. The number of benzene rings is 1. The second-order valence-electron chi connectivity index (χ2n) is 12.6. The summed E-state index contributed by atoms with van der Waals surface area (Å²) >= 11 is 0. The predicted octanol–water partition coefficient (Wildman–Crippen LogP) is 3.68. The van der Waals surface area contributed by atoms with E-state index in [0.29, 0.717) is 17.4 Å². The van der Waals surface area contributed by atoms with Crippen molar-refractivity contribution in [3.05, 3.63) is 34.9 Å². The molecule has 2 aliphatic heterocycles. The molecular formula is C28H44N4O3S. The van der Waals surface area contributed by atoms with Gasteiger partial charge in [-0.05, 0) is 93.7 Å². The molecule has 0 amide bonds. The monoisotopic (exact) mass is 516 g/mol. The molecule has 0 aromatic heterocycles. The summed E-state index contributed by atoms with van der Waals surface area (Å²) in [6.07, 6.45) is 9.13. The first-order valence-corrected chi connectivity index (χ1v) is 15.7. The first-order chi connectivity index (χ1) is 17.2. The van der Waals surface area contributed by atoms with Gasteiger partial charge < -0.3 is 4.74 Å². The molecule has 4 bridgehead atoms. The van der Waals surface area contributed by atoms with Crippen LogP contribution in [0.2, 0.25) is 0 Å². The summed E-state index contributed by atoms with van der Waals surface area (Å²) in [6.45, 7) is 8.39. The Kier molecular flexibility index (Phi) is 6.75. The maximum Gasteiger partial charge on any atom is 0.216 e. The standard InChI is InChI=1S/C28H44N4O3S/c1-18-6-4-7-19(2)26(18)24-13-25-30-27(29-24)31-36(33,34)23-9-5-8-21(12-23)17-32(16-20(3)35-25)22-14-28(15-22)10-11-28/h4,6-7,20-25,27,29-31H,5,8-17H2,1-3H3/t20-,21?,23?,24?,25?,27?/m1/s1. The number of hydrogen-bond donors (Lipinski definition) is 3. The van der Waals surface area contributed by atoms with Crippen LogP contribution in [0.25, 0.3) is 0 Å². The van der Waals surface area contributed by atoms with Gasteiger partial charge in [0.15, 0.2) is 0 Å². The van der Waals surface area contributed by atoms with E-state index in [2.05, 4.69) is 59.2 Å². The van der Waals surface area contributed by atoms with Gasteiger partial charge in [-0.1, -0.05) is 24.6 Å². The largest absolute Gasteiger partial charge is 0.359 e. The van der Waals surface area contributed by atoms with Crippen LogP contribution in [0.3, 0.4) is 0 Å². The summed E-state index contributed by atoms with van der Waals surface area (Å²) in [5.41, 5.74) is 4.35. The van der Waals surface area contributed by atoms with Crippen LogP contribution in [0, 0.1) is 25.2 Å². The van der Waals surface area contributed by atoms with Gasteiger partial charge in [-0.2, -0.15) is 4.72 Å². The SMILES string of the molecule is Cc1cccc(C)c1C1CC2NC(N1)NS(=O)(=O)C1CCCC(C1)CN(C1CC3(CC3)C1)C[C@@H](C)O2. The summed E-state index contributed by atoms with van der Waals surface area (Å²) in [4.78, 5) is 2.67. The van der Waals surface area contributed by atoms with Crippen LogP contribution in [-0.2, 0) is 14.8 Å². The molecule has 3 saturated carbocycles. The number of sulfonamides is 1. The lowest BCUT2D eigenvalue weighted by molar-refractivity contribution is -0.0782. The van der Waals surface area contributed by atoms with E-state index in [4.69, 9.17) is 4.74 Å². The first-order valence-electron chi connectivity index (χ1n) is 14.2. The molecular weight excluding hydrogens is 472 g/mol. The third kappa shape index (κ3) is 5.14. The Morgan fingerprint density at radius 3 is 2.50 bits per heavy atom. The van der Waals surface area contributed by atoms with Crippen molar-refractivity contribution in [3.63, 3.8) is 0 Å². The van der Waals surface area contributed by atoms with Gasteiger partial charge in [-0.15, -0.1) is 0 Å². The van der Waals surface area contributed by atoms with E-state index in [9.17, 15) is 8.42 Å². The Morgan fingerprint density at radius 1 is 1.03 bits per heavy atom. The Morgan fingerprint density at radius 2 is 1.78 bits per heavy atom. The molecule has 6 atom stereocenters. The third-order valence-electron chi connectivity index (χ3n) is 9.71. The Balaban J connectivity index is 1.28. The van der Waals surface area contributed by atoms with E-state index in [0.717, 1.165) is 45.2 Å². The molecule has 2 saturated heterocycles. The fourth-order valence-corrected chi connectivity index (χ4v) is 9.28. The molecule has 1 spiro atoms. The third-order valence-corrected chi connectivity index (χ3v) is 11.6. The molecule has 2 heterocycles. The molecule has 8 heteroatoms. The average molecular weight is 517 g/mol. The average Bonchev–Trinajstić information content (AvgIpc) is 3.58. The zero-order valence-corrected chi connectivity index (χ0v) is 22.9. The molecule has 36 heavy (non-hydrogen) atoms. The van der Waals surface area contributed by atoms with Crippen LogP contribution in [0.1, 0.15) is 87.4 Å². The van der Waals surface area contributed by atoms with Crippen molar-refractivity contribution in [1.82, 2.24) is 20.3 Å². The van der Waals surface area contributed by atoms with Crippen LogP contribution in [0.15, 0.2) is 18.2 Å². The zero-order chi connectivity index (χ0) is 25.1. The van der Waals surface area contributed by atoms with Crippen molar-refractivity contribution in [2.24, 2.45) is 11.3 Å². The zero-order valence-electron chi connectivity index (χ0n) is 22.1. The minimum absolute atomic E-state index is 0.0130.